The van der Waals surface area contributed by atoms with Crippen molar-refractivity contribution in [2.24, 2.45) is 0 Å². The Kier molecular flexibility index (Phi) is 3.24. The summed E-state index contributed by atoms with van der Waals surface area (Å²) in [4.78, 5) is 16.0. The van der Waals surface area contributed by atoms with Crippen molar-refractivity contribution in [3.63, 3.8) is 0 Å². The minimum Gasteiger partial charge on any atom is -0.481 e. The van der Waals surface area contributed by atoms with Crippen molar-refractivity contribution in [2.75, 3.05) is 0 Å². The molecular weight excluding hydrogens is 224 g/mol. The molecule has 86 valence electrons. The number of carbonyl (C=O) groups is 1. The zero-order chi connectivity index (χ0) is 11.5. The van der Waals surface area contributed by atoms with Gasteiger partial charge in [0.1, 0.15) is 0 Å². The maximum atomic E-state index is 10.5. The van der Waals surface area contributed by atoms with Crippen LogP contribution in [0.25, 0.3) is 4.96 Å². The van der Waals surface area contributed by atoms with Crippen LogP contribution in [0.4, 0.5) is 0 Å². The molecule has 0 saturated carbocycles. The first-order valence-corrected chi connectivity index (χ1v) is 6.24. The maximum Gasteiger partial charge on any atom is 0.303 e. The summed E-state index contributed by atoms with van der Waals surface area (Å²) in [6, 6.07) is 0. The molecule has 0 aliphatic carbocycles. The van der Waals surface area contributed by atoms with E-state index in [-0.39, 0.29) is 6.42 Å². The van der Waals surface area contributed by atoms with E-state index in [1.165, 1.54) is 0 Å². The average molecular weight is 238 g/mol. The summed E-state index contributed by atoms with van der Waals surface area (Å²) in [5, 5.41) is 10.6. The second-order valence-electron chi connectivity index (χ2n) is 3.76. The van der Waals surface area contributed by atoms with E-state index in [9.17, 15) is 4.79 Å². The van der Waals surface area contributed by atoms with Crippen molar-refractivity contribution in [3.8, 4) is 0 Å². The third kappa shape index (κ3) is 2.24. The number of aliphatic carboxylic acids is 1. The summed E-state index contributed by atoms with van der Waals surface area (Å²) in [5.74, 6) is -0.756. The number of nitrogens with zero attached hydrogens (tertiary/aromatic N) is 2. The standard InChI is InChI=1S/C11H14N2O2S/c1-2-3-8-6-13-9(4-5-10(14)15)7-16-11(13)12-8/h6-7H,2-5H2,1H3,(H,14,15). The van der Waals surface area contributed by atoms with E-state index in [2.05, 4.69) is 11.9 Å². The molecule has 0 radical (unpaired) electrons. The molecule has 2 heterocycles. The van der Waals surface area contributed by atoms with Crippen molar-refractivity contribution in [1.29, 1.82) is 0 Å². The molecule has 1 N–H and O–H groups in total. The van der Waals surface area contributed by atoms with Gasteiger partial charge in [0, 0.05) is 17.3 Å². The SMILES string of the molecule is CCCc1cn2c(CCC(=O)O)csc2n1. The molecule has 4 nitrogen and oxygen atoms in total. The molecule has 5 heteroatoms. The second-order valence-corrected chi connectivity index (χ2v) is 4.59. The topological polar surface area (TPSA) is 54.6 Å². The fourth-order valence-corrected chi connectivity index (χ4v) is 2.59. The molecule has 0 fully saturated rings. The summed E-state index contributed by atoms with van der Waals surface area (Å²) in [6.45, 7) is 2.12. The van der Waals surface area contributed by atoms with Crippen LogP contribution in [0.15, 0.2) is 11.6 Å². The first-order valence-electron chi connectivity index (χ1n) is 5.37. The van der Waals surface area contributed by atoms with E-state index >= 15 is 0 Å². The summed E-state index contributed by atoms with van der Waals surface area (Å²) in [6.07, 6.45) is 4.82. The summed E-state index contributed by atoms with van der Waals surface area (Å²) >= 11 is 1.57. The highest BCUT2D eigenvalue weighted by Crippen LogP contribution is 2.18. The monoisotopic (exact) mass is 238 g/mol. The van der Waals surface area contributed by atoms with Gasteiger partial charge in [-0.15, -0.1) is 11.3 Å². The summed E-state index contributed by atoms with van der Waals surface area (Å²) in [7, 11) is 0. The fourth-order valence-electron chi connectivity index (χ4n) is 1.67. The summed E-state index contributed by atoms with van der Waals surface area (Å²) < 4.78 is 2.01. The highest BCUT2D eigenvalue weighted by atomic mass is 32.1. The number of rotatable bonds is 5. The number of fused-ring (bicyclic) bond motifs is 1. The number of hydrogen-bond acceptors (Lipinski definition) is 3. The van der Waals surface area contributed by atoms with Gasteiger partial charge in [-0.1, -0.05) is 13.3 Å². The largest absolute Gasteiger partial charge is 0.481 e. The van der Waals surface area contributed by atoms with Gasteiger partial charge in [-0.25, -0.2) is 4.98 Å². The number of aromatic nitrogens is 2. The minimum absolute atomic E-state index is 0.174. The normalized spacial score (nSPS) is 11.1. The number of carboxylic acids is 1. The van der Waals surface area contributed by atoms with Crippen LogP contribution in [0.2, 0.25) is 0 Å². The first kappa shape index (κ1) is 11.1. The Labute approximate surface area is 97.6 Å². The zero-order valence-electron chi connectivity index (χ0n) is 9.14. The van der Waals surface area contributed by atoms with Gasteiger partial charge in [-0.05, 0) is 12.8 Å². The Morgan fingerprint density at radius 3 is 3.06 bits per heavy atom. The molecule has 0 amide bonds. The molecular formula is C11H14N2O2S. The molecule has 0 aliphatic heterocycles. The molecule has 0 atom stereocenters. The lowest BCUT2D eigenvalue weighted by atomic mass is 10.2. The fraction of sp³-hybridized carbons (Fsp3) is 0.455. The smallest absolute Gasteiger partial charge is 0.303 e. The number of hydrogen-bond donors (Lipinski definition) is 1. The molecule has 2 aromatic heterocycles. The predicted octanol–water partition coefficient (Wildman–Crippen LogP) is 2.37. The Morgan fingerprint density at radius 2 is 2.38 bits per heavy atom. The van der Waals surface area contributed by atoms with Crippen LogP contribution in [0, 0.1) is 0 Å². The van der Waals surface area contributed by atoms with Crippen LogP contribution in [0.3, 0.4) is 0 Å². The molecule has 16 heavy (non-hydrogen) atoms. The lowest BCUT2D eigenvalue weighted by Gasteiger charge is -1.95. The van der Waals surface area contributed by atoms with Crippen LogP contribution >= 0.6 is 11.3 Å². The Bertz CT molecular complexity index is 501. The number of aryl methyl sites for hydroxylation is 2. The van der Waals surface area contributed by atoms with Gasteiger partial charge in [0.15, 0.2) is 4.96 Å². The van der Waals surface area contributed by atoms with Gasteiger partial charge in [-0.2, -0.15) is 0 Å². The Morgan fingerprint density at radius 1 is 1.56 bits per heavy atom. The molecule has 2 rings (SSSR count). The molecule has 0 bridgehead atoms. The molecule has 0 unspecified atom stereocenters. The molecule has 0 saturated heterocycles. The lowest BCUT2D eigenvalue weighted by Crippen LogP contribution is -1.99. The van der Waals surface area contributed by atoms with Crippen LogP contribution in [0.1, 0.15) is 31.2 Å². The second kappa shape index (κ2) is 4.65. The van der Waals surface area contributed by atoms with E-state index in [0.29, 0.717) is 6.42 Å². The van der Waals surface area contributed by atoms with Gasteiger partial charge in [0.25, 0.3) is 0 Å². The van der Waals surface area contributed by atoms with Gasteiger partial charge >= 0.3 is 5.97 Å². The molecule has 0 spiro atoms. The summed E-state index contributed by atoms with van der Waals surface area (Å²) in [5.41, 5.74) is 2.13. The highest BCUT2D eigenvalue weighted by Gasteiger charge is 2.08. The third-order valence-corrected chi connectivity index (χ3v) is 3.32. The predicted molar refractivity (Wildman–Crippen MR) is 63.0 cm³/mol. The van der Waals surface area contributed by atoms with Gasteiger partial charge < -0.3 is 5.11 Å². The van der Waals surface area contributed by atoms with Crippen molar-refractivity contribution >= 4 is 22.3 Å². The average Bonchev–Trinajstić information content (AvgIpc) is 2.75. The van der Waals surface area contributed by atoms with Crippen molar-refractivity contribution < 1.29 is 9.90 Å². The van der Waals surface area contributed by atoms with Crippen LogP contribution in [-0.2, 0) is 17.6 Å². The first-order chi connectivity index (χ1) is 7.70. The van der Waals surface area contributed by atoms with E-state index in [1.807, 2.05) is 16.0 Å². The van der Waals surface area contributed by atoms with Gasteiger partial charge in [0.05, 0.1) is 12.1 Å². The van der Waals surface area contributed by atoms with E-state index in [1.54, 1.807) is 11.3 Å². The van der Waals surface area contributed by atoms with E-state index in [4.69, 9.17) is 5.11 Å². The van der Waals surface area contributed by atoms with Gasteiger partial charge in [0.2, 0.25) is 0 Å². The Balaban J connectivity index is 2.21. The van der Waals surface area contributed by atoms with Crippen molar-refractivity contribution in [2.45, 2.75) is 32.6 Å². The molecule has 0 aliphatic rings. The molecule has 0 aromatic carbocycles. The van der Waals surface area contributed by atoms with Crippen LogP contribution in [0.5, 0.6) is 0 Å². The van der Waals surface area contributed by atoms with Crippen LogP contribution < -0.4 is 0 Å². The highest BCUT2D eigenvalue weighted by molar-refractivity contribution is 7.15. The minimum atomic E-state index is -0.756. The number of carboxylic acid groups (broad SMARTS) is 1. The Hall–Kier alpha value is -1.36. The van der Waals surface area contributed by atoms with Crippen LogP contribution in [-0.4, -0.2) is 20.5 Å². The van der Waals surface area contributed by atoms with E-state index < -0.39 is 5.97 Å². The van der Waals surface area contributed by atoms with Crippen molar-refractivity contribution in [3.05, 3.63) is 23.0 Å². The third-order valence-electron chi connectivity index (χ3n) is 2.43. The zero-order valence-corrected chi connectivity index (χ0v) is 9.96. The van der Waals surface area contributed by atoms with E-state index in [0.717, 1.165) is 29.2 Å². The van der Waals surface area contributed by atoms with Gasteiger partial charge in [-0.3, -0.25) is 9.20 Å². The maximum absolute atomic E-state index is 10.5. The lowest BCUT2D eigenvalue weighted by molar-refractivity contribution is -0.136. The van der Waals surface area contributed by atoms with Crippen molar-refractivity contribution in [1.82, 2.24) is 9.38 Å². The number of imidazole rings is 1. The molecule has 2 aromatic rings. The quantitative estimate of drug-likeness (QED) is 0.870. The number of thiazole rings is 1.